The molecule has 1 aromatic rings. The molecule has 1 aliphatic carbocycles. The van der Waals surface area contributed by atoms with Gasteiger partial charge in [0.2, 0.25) is 0 Å². The van der Waals surface area contributed by atoms with Gasteiger partial charge in [0, 0.05) is 19.0 Å². The monoisotopic (exact) mass is 259 g/mol. The second-order valence-corrected chi connectivity index (χ2v) is 5.16. The number of hydrogen-bond acceptors (Lipinski definition) is 3. The predicted molar refractivity (Wildman–Crippen MR) is 70.4 cm³/mol. The molecule has 0 unspecified atom stereocenters. The van der Waals surface area contributed by atoms with E-state index in [1.54, 1.807) is 4.90 Å². The number of benzene rings is 1. The highest BCUT2D eigenvalue weighted by Crippen LogP contribution is 2.33. The van der Waals surface area contributed by atoms with Crippen LogP contribution in [0.4, 0.5) is 4.79 Å². The summed E-state index contributed by atoms with van der Waals surface area (Å²) in [5, 5.41) is 9.50. The molecular formula is C15H17NO3. The summed E-state index contributed by atoms with van der Waals surface area (Å²) in [6.07, 6.45) is 2.00. The van der Waals surface area contributed by atoms with Crippen molar-refractivity contribution in [3.05, 3.63) is 47.5 Å². The quantitative estimate of drug-likeness (QED) is 0.826. The van der Waals surface area contributed by atoms with Gasteiger partial charge in [0.1, 0.15) is 6.61 Å². The van der Waals surface area contributed by atoms with Crippen molar-refractivity contribution in [2.24, 2.45) is 5.92 Å². The Hall–Kier alpha value is -1.81. The van der Waals surface area contributed by atoms with Gasteiger partial charge < -0.3 is 14.7 Å². The lowest BCUT2D eigenvalue weighted by Gasteiger charge is -2.16. The molecule has 1 aliphatic heterocycles. The highest BCUT2D eigenvalue weighted by molar-refractivity contribution is 5.69. The first kappa shape index (κ1) is 12.2. The predicted octanol–water partition coefficient (Wildman–Crippen LogP) is 1.95. The maximum Gasteiger partial charge on any atom is 0.410 e. The molecule has 2 aliphatic rings. The third-order valence-corrected chi connectivity index (χ3v) is 3.73. The van der Waals surface area contributed by atoms with Crippen molar-refractivity contribution in [2.45, 2.75) is 19.1 Å². The van der Waals surface area contributed by atoms with E-state index in [1.165, 1.54) is 5.57 Å². The van der Waals surface area contributed by atoms with Crippen molar-refractivity contribution >= 4 is 6.09 Å². The molecule has 1 heterocycles. The van der Waals surface area contributed by atoms with Crippen LogP contribution in [0.25, 0.3) is 0 Å². The number of aliphatic hydroxyl groups is 1. The van der Waals surface area contributed by atoms with E-state index in [0.29, 0.717) is 25.6 Å². The van der Waals surface area contributed by atoms with Gasteiger partial charge in [-0.2, -0.15) is 0 Å². The fourth-order valence-corrected chi connectivity index (χ4v) is 2.77. The zero-order valence-electron chi connectivity index (χ0n) is 10.7. The molecule has 1 aromatic carbocycles. The van der Waals surface area contributed by atoms with Gasteiger partial charge >= 0.3 is 6.09 Å². The normalized spacial score (nSPS) is 25.1. The van der Waals surface area contributed by atoms with Crippen molar-refractivity contribution in [1.29, 1.82) is 0 Å². The molecule has 4 heteroatoms. The Balaban J connectivity index is 1.54. The first-order chi connectivity index (χ1) is 9.22. The smallest absolute Gasteiger partial charge is 0.410 e. The van der Waals surface area contributed by atoms with Crippen LogP contribution in [0, 0.1) is 5.92 Å². The number of fused-ring (bicyclic) bond motifs is 1. The molecule has 0 bridgehead atoms. The highest BCUT2D eigenvalue weighted by atomic mass is 16.6. The number of carbonyl (C=O) groups is 1. The van der Waals surface area contributed by atoms with E-state index in [4.69, 9.17) is 4.74 Å². The fraction of sp³-hybridized carbons (Fsp3) is 0.400. The molecule has 0 aromatic heterocycles. The maximum absolute atomic E-state index is 11.9. The summed E-state index contributed by atoms with van der Waals surface area (Å²) < 4.78 is 5.30. The van der Waals surface area contributed by atoms with E-state index < -0.39 is 0 Å². The lowest BCUT2D eigenvalue weighted by molar-refractivity contribution is 0.101. The largest absolute Gasteiger partial charge is 0.445 e. The number of hydrogen-bond donors (Lipinski definition) is 1. The van der Waals surface area contributed by atoms with Gasteiger partial charge in [-0.3, -0.25) is 0 Å². The Labute approximate surface area is 112 Å². The standard InChI is InChI=1S/C15H17NO3/c17-14-6-12-8-16(9-13(12)7-14)15(18)19-10-11-4-2-1-3-5-11/h1-6,13-14,17H,7-10H2/t13-,14-/m0/s1. The third kappa shape index (κ3) is 2.63. The molecule has 3 rings (SSSR count). The molecule has 1 saturated heterocycles. The Morgan fingerprint density at radius 3 is 2.89 bits per heavy atom. The Morgan fingerprint density at radius 2 is 2.16 bits per heavy atom. The van der Waals surface area contributed by atoms with E-state index >= 15 is 0 Å². The summed E-state index contributed by atoms with van der Waals surface area (Å²) in [5.74, 6) is 0.319. The number of nitrogens with zero attached hydrogens (tertiary/aromatic N) is 1. The first-order valence-corrected chi connectivity index (χ1v) is 6.56. The topological polar surface area (TPSA) is 49.8 Å². The number of carbonyl (C=O) groups excluding carboxylic acids is 1. The van der Waals surface area contributed by atoms with E-state index in [-0.39, 0.29) is 12.2 Å². The van der Waals surface area contributed by atoms with Crippen LogP contribution in [0.5, 0.6) is 0 Å². The number of amides is 1. The SMILES string of the molecule is O=C(OCc1ccccc1)N1CC2=C[C@H](O)C[C@H]2C1. The van der Waals surface area contributed by atoms with Crippen LogP contribution in [0.2, 0.25) is 0 Å². The molecule has 2 atom stereocenters. The van der Waals surface area contributed by atoms with Crippen LogP contribution in [0.3, 0.4) is 0 Å². The molecule has 0 saturated carbocycles. The molecule has 1 N–H and O–H groups in total. The number of ether oxygens (including phenoxy) is 1. The third-order valence-electron chi connectivity index (χ3n) is 3.73. The molecule has 1 fully saturated rings. The van der Waals surface area contributed by atoms with Crippen molar-refractivity contribution in [3.8, 4) is 0 Å². The van der Waals surface area contributed by atoms with Crippen LogP contribution in [-0.4, -0.2) is 35.3 Å². The summed E-state index contributed by atoms with van der Waals surface area (Å²) in [6.45, 7) is 1.56. The molecule has 1 amide bonds. The van der Waals surface area contributed by atoms with Gasteiger partial charge in [-0.05, 0) is 17.6 Å². The molecule has 4 nitrogen and oxygen atoms in total. The Kier molecular flexibility index (Phi) is 3.25. The second-order valence-electron chi connectivity index (χ2n) is 5.16. The molecule has 0 radical (unpaired) electrons. The number of likely N-dealkylation sites (tertiary alicyclic amines) is 1. The summed E-state index contributed by atoms with van der Waals surface area (Å²) in [7, 11) is 0. The van der Waals surface area contributed by atoms with Crippen molar-refractivity contribution in [1.82, 2.24) is 4.90 Å². The number of aliphatic hydroxyl groups excluding tert-OH is 1. The van der Waals surface area contributed by atoms with Crippen LogP contribution >= 0.6 is 0 Å². The van der Waals surface area contributed by atoms with E-state index in [1.807, 2.05) is 36.4 Å². The molecule has 100 valence electrons. The zero-order chi connectivity index (χ0) is 13.2. The van der Waals surface area contributed by atoms with E-state index in [2.05, 4.69) is 0 Å². The van der Waals surface area contributed by atoms with Gasteiger partial charge in [-0.25, -0.2) is 4.79 Å². The lowest BCUT2D eigenvalue weighted by atomic mass is 10.1. The molecular weight excluding hydrogens is 242 g/mol. The second kappa shape index (κ2) is 5.05. The van der Waals surface area contributed by atoms with Crippen molar-refractivity contribution < 1.29 is 14.6 Å². The van der Waals surface area contributed by atoms with Crippen LogP contribution in [-0.2, 0) is 11.3 Å². The van der Waals surface area contributed by atoms with Gasteiger partial charge in [-0.1, -0.05) is 36.4 Å². The number of rotatable bonds is 2. The van der Waals surface area contributed by atoms with Crippen LogP contribution < -0.4 is 0 Å². The summed E-state index contributed by atoms with van der Waals surface area (Å²) >= 11 is 0. The Bertz CT molecular complexity index is 497. The zero-order valence-corrected chi connectivity index (χ0v) is 10.7. The minimum Gasteiger partial charge on any atom is -0.445 e. The molecule has 19 heavy (non-hydrogen) atoms. The summed E-state index contributed by atoms with van der Waals surface area (Å²) in [6, 6.07) is 9.66. The fourth-order valence-electron chi connectivity index (χ4n) is 2.77. The van der Waals surface area contributed by atoms with Crippen LogP contribution in [0.1, 0.15) is 12.0 Å². The first-order valence-electron chi connectivity index (χ1n) is 6.56. The van der Waals surface area contributed by atoms with E-state index in [0.717, 1.165) is 12.0 Å². The minimum absolute atomic E-state index is 0.270. The minimum atomic E-state index is -0.331. The van der Waals surface area contributed by atoms with Crippen molar-refractivity contribution in [2.75, 3.05) is 13.1 Å². The van der Waals surface area contributed by atoms with E-state index in [9.17, 15) is 9.90 Å². The highest BCUT2D eigenvalue weighted by Gasteiger charge is 2.36. The van der Waals surface area contributed by atoms with Crippen LogP contribution in [0.15, 0.2) is 42.0 Å². The Morgan fingerprint density at radius 1 is 1.37 bits per heavy atom. The molecule has 0 spiro atoms. The summed E-state index contributed by atoms with van der Waals surface area (Å²) in [4.78, 5) is 13.7. The maximum atomic E-state index is 11.9. The lowest BCUT2D eigenvalue weighted by Crippen LogP contribution is -2.30. The van der Waals surface area contributed by atoms with Crippen molar-refractivity contribution in [3.63, 3.8) is 0 Å². The summed E-state index contributed by atoms with van der Waals surface area (Å²) in [5.41, 5.74) is 2.16. The van der Waals surface area contributed by atoms with Gasteiger partial charge in [-0.15, -0.1) is 0 Å². The average molecular weight is 259 g/mol. The van der Waals surface area contributed by atoms with Gasteiger partial charge in [0.25, 0.3) is 0 Å². The average Bonchev–Trinajstić information content (AvgIpc) is 2.94. The van der Waals surface area contributed by atoms with Gasteiger partial charge in [0.15, 0.2) is 0 Å². The van der Waals surface area contributed by atoms with Gasteiger partial charge in [0.05, 0.1) is 6.10 Å².